The lowest BCUT2D eigenvalue weighted by molar-refractivity contribution is 0.0950. The highest BCUT2D eigenvalue weighted by Gasteiger charge is 2.16. The Bertz CT molecular complexity index is 1250. The lowest BCUT2D eigenvalue weighted by Gasteiger charge is -2.15. The predicted octanol–water partition coefficient (Wildman–Crippen LogP) is 6.32. The second kappa shape index (κ2) is 9.75. The van der Waals surface area contributed by atoms with Crippen molar-refractivity contribution in [3.8, 4) is 11.5 Å². The van der Waals surface area contributed by atoms with E-state index in [0.717, 1.165) is 21.9 Å². The fourth-order valence-corrected chi connectivity index (χ4v) is 3.82. The number of ether oxygens (including phenoxy) is 2. The number of aryl methyl sites for hydroxylation is 1. The van der Waals surface area contributed by atoms with E-state index in [1.165, 1.54) is 12.7 Å². The highest BCUT2D eigenvalue weighted by atomic mass is 35.5. The average molecular weight is 446 g/mol. The Hall–Kier alpha value is -3.50. The fourth-order valence-electron chi connectivity index (χ4n) is 3.56. The molecular formula is C27H24ClNO3. The number of nitrogens with one attached hydrogen (secondary N) is 1. The summed E-state index contributed by atoms with van der Waals surface area (Å²) < 4.78 is 11.4. The van der Waals surface area contributed by atoms with Crippen LogP contribution in [-0.4, -0.2) is 13.0 Å². The minimum Gasteiger partial charge on any atom is -0.493 e. The molecule has 0 aliphatic carbocycles. The van der Waals surface area contributed by atoms with Crippen LogP contribution in [-0.2, 0) is 13.2 Å². The van der Waals surface area contributed by atoms with Crippen LogP contribution in [0.2, 0.25) is 5.02 Å². The molecule has 0 heterocycles. The largest absolute Gasteiger partial charge is 0.493 e. The molecule has 5 heteroatoms. The maximum absolute atomic E-state index is 12.8. The zero-order valence-corrected chi connectivity index (χ0v) is 18.8. The van der Waals surface area contributed by atoms with Gasteiger partial charge in [-0.25, -0.2) is 0 Å². The minimum atomic E-state index is -0.233. The molecule has 4 nitrogen and oxygen atoms in total. The van der Waals surface area contributed by atoms with Crippen LogP contribution in [0.15, 0.2) is 78.9 Å². The monoisotopic (exact) mass is 445 g/mol. The fraction of sp³-hybridized carbons (Fsp3) is 0.148. The van der Waals surface area contributed by atoms with Crippen molar-refractivity contribution < 1.29 is 14.3 Å². The van der Waals surface area contributed by atoms with Crippen LogP contribution < -0.4 is 14.8 Å². The van der Waals surface area contributed by atoms with Gasteiger partial charge in [0.2, 0.25) is 0 Å². The van der Waals surface area contributed by atoms with Gasteiger partial charge in [-0.1, -0.05) is 83.9 Å². The summed E-state index contributed by atoms with van der Waals surface area (Å²) in [7, 11) is 1.53. The van der Waals surface area contributed by atoms with E-state index in [4.69, 9.17) is 21.1 Å². The van der Waals surface area contributed by atoms with Crippen molar-refractivity contribution in [1.29, 1.82) is 0 Å². The Morgan fingerprint density at radius 1 is 0.969 bits per heavy atom. The number of halogens is 1. The summed E-state index contributed by atoms with van der Waals surface area (Å²) in [6.07, 6.45) is 0. The molecule has 0 atom stereocenters. The summed E-state index contributed by atoms with van der Waals surface area (Å²) in [5.41, 5.74) is 3.66. The summed E-state index contributed by atoms with van der Waals surface area (Å²) >= 11 is 6.46. The van der Waals surface area contributed by atoms with Crippen LogP contribution in [0.4, 0.5) is 0 Å². The summed E-state index contributed by atoms with van der Waals surface area (Å²) in [6.45, 7) is 2.79. The van der Waals surface area contributed by atoms with E-state index in [0.29, 0.717) is 35.2 Å². The molecule has 0 saturated heterocycles. The Morgan fingerprint density at radius 2 is 1.72 bits per heavy atom. The zero-order valence-electron chi connectivity index (χ0n) is 18.0. The Morgan fingerprint density at radius 3 is 2.50 bits per heavy atom. The van der Waals surface area contributed by atoms with E-state index in [1.807, 2.05) is 55.5 Å². The third-order valence-corrected chi connectivity index (χ3v) is 5.60. The van der Waals surface area contributed by atoms with Crippen LogP contribution in [0.25, 0.3) is 10.8 Å². The highest BCUT2D eigenvalue weighted by molar-refractivity contribution is 6.32. The first kappa shape index (κ1) is 21.7. The van der Waals surface area contributed by atoms with Gasteiger partial charge >= 0.3 is 0 Å². The van der Waals surface area contributed by atoms with Crippen molar-refractivity contribution in [2.75, 3.05) is 7.11 Å². The summed E-state index contributed by atoms with van der Waals surface area (Å²) in [5, 5.41) is 5.55. The molecular weight excluding hydrogens is 422 g/mol. The van der Waals surface area contributed by atoms with E-state index in [2.05, 4.69) is 23.5 Å². The van der Waals surface area contributed by atoms with Gasteiger partial charge in [-0.3, -0.25) is 4.79 Å². The minimum absolute atomic E-state index is 0.233. The van der Waals surface area contributed by atoms with E-state index >= 15 is 0 Å². The predicted molar refractivity (Wildman–Crippen MR) is 129 cm³/mol. The normalized spacial score (nSPS) is 10.7. The molecule has 0 bridgehead atoms. The molecule has 0 aliphatic heterocycles. The van der Waals surface area contributed by atoms with Crippen LogP contribution in [0.1, 0.15) is 27.0 Å². The smallest absolute Gasteiger partial charge is 0.251 e. The molecule has 0 aliphatic rings. The number of hydrogen-bond donors (Lipinski definition) is 1. The standard InChI is InChI=1S/C27H24ClNO3/c1-18-10-12-19(13-11-18)17-32-26-24(28)14-22(15-25(26)31-2)27(30)29-16-21-8-5-7-20-6-3-4-9-23(20)21/h3-15H,16-17H2,1-2H3,(H,29,30). The summed E-state index contributed by atoms with van der Waals surface area (Å²) in [5.74, 6) is 0.600. The van der Waals surface area contributed by atoms with Crippen LogP contribution in [0.3, 0.4) is 0 Å². The van der Waals surface area contributed by atoms with Crippen LogP contribution >= 0.6 is 11.6 Å². The number of rotatable bonds is 7. The van der Waals surface area contributed by atoms with Crippen LogP contribution in [0.5, 0.6) is 11.5 Å². The SMILES string of the molecule is COc1cc(C(=O)NCc2cccc3ccccc23)cc(Cl)c1OCc1ccc(C)cc1. The molecule has 4 rings (SSSR count). The first-order chi connectivity index (χ1) is 15.5. The van der Waals surface area contributed by atoms with Gasteiger partial charge in [-0.05, 0) is 41.0 Å². The van der Waals surface area contributed by atoms with Gasteiger partial charge in [-0.2, -0.15) is 0 Å². The van der Waals surface area contributed by atoms with Gasteiger partial charge < -0.3 is 14.8 Å². The van der Waals surface area contributed by atoms with Crippen molar-refractivity contribution in [3.63, 3.8) is 0 Å². The average Bonchev–Trinajstić information content (AvgIpc) is 2.82. The third kappa shape index (κ3) is 4.87. The lowest BCUT2D eigenvalue weighted by Crippen LogP contribution is -2.23. The number of carbonyl (C=O) groups excluding carboxylic acids is 1. The van der Waals surface area contributed by atoms with Gasteiger partial charge in [-0.15, -0.1) is 0 Å². The van der Waals surface area contributed by atoms with Crippen molar-refractivity contribution in [2.45, 2.75) is 20.1 Å². The summed E-state index contributed by atoms with van der Waals surface area (Å²) in [6, 6.07) is 25.5. The topological polar surface area (TPSA) is 47.6 Å². The molecule has 0 aromatic heterocycles. The molecule has 1 N–H and O–H groups in total. The molecule has 0 saturated carbocycles. The molecule has 0 spiro atoms. The van der Waals surface area contributed by atoms with Crippen molar-refractivity contribution in [3.05, 3.63) is 106 Å². The number of benzene rings is 4. The Balaban J connectivity index is 1.48. The molecule has 32 heavy (non-hydrogen) atoms. The van der Waals surface area contributed by atoms with Gasteiger partial charge in [0, 0.05) is 12.1 Å². The number of methoxy groups -OCH3 is 1. The van der Waals surface area contributed by atoms with Gasteiger partial charge in [0.05, 0.1) is 12.1 Å². The first-order valence-electron chi connectivity index (χ1n) is 10.4. The van der Waals surface area contributed by atoms with Gasteiger partial charge in [0.25, 0.3) is 5.91 Å². The molecule has 0 unspecified atom stereocenters. The van der Waals surface area contributed by atoms with Gasteiger partial charge in [0.15, 0.2) is 11.5 Å². The Kier molecular flexibility index (Phi) is 6.62. The summed E-state index contributed by atoms with van der Waals surface area (Å²) in [4.78, 5) is 12.8. The molecule has 162 valence electrons. The van der Waals surface area contributed by atoms with Crippen LogP contribution in [0, 0.1) is 6.92 Å². The van der Waals surface area contributed by atoms with E-state index < -0.39 is 0 Å². The lowest BCUT2D eigenvalue weighted by atomic mass is 10.0. The highest BCUT2D eigenvalue weighted by Crippen LogP contribution is 2.37. The number of amides is 1. The number of fused-ring (bicyclic) bond motifs is 1. The second-order valence-corrected chi connectivity index (χ2v) is 7.99. The number of hydrogen-bond acceptors (Lipinski definition) is 3. The van der Waals surface area contributed by atoms with E-state index in [1.54, 1.807) is 12.1 Å². The van der Waals surface area contributed by atoms with Gasteiger partial charge in [0.1, 0.15) is 6.61 Å². The third-order valence-electron chi connectivity index (χ3n) is 5.31. The van der Waals surface area contributed by atoms with Crippen molar-refractivity contribution in [2.24, 2.45) is 0 Å². The van der Waals surface area contributed by atoms with E-state index in [9.17, 15) is 4.79 Å². The maximum Gasteiger partial charge on any atom is 0.251 e. The van der Waals surface area contributed by atoms with E-state index in [-0.39, 0.29) is 5.91 Å². The second-order valence-electron chi connectivity index (χ2n) is 7.58. The quantitative estimate of drug-likeness (QED) is 0.362. The molecule has 0 fully saturated rings. The molecule has 0 radical (unpaired) electrons. The zero-order chi connectivity index (χ0) is 22.5. The Labute approximate surface area is 192 Å². The molecule has 4 aromatic carbocycles. The van der Waals surface area contributed by atoms with Crippen molar-refractivity contribution >= 4 is 28.3 Å². The van der Waals surface area contributed by atoms with Crippen molar-refractivity contribution in [1.82, 2.24) is 5.32 Å². The first-order valence-corrected chi connectivity index (χ1v) is 10.7. The number of carbonyl (C=O) groups is 1. The maximum atomic E-state index is 12.8. The molecule has 4 aromatic rings. The molecule has 1 amide bonds.